The largest absolute Gasteiger partial charge is 0.349 e. The fourth-order valence-electron chi connectivity index (χ4n) is 3.07. The summed E-state index contributed by atoms with van der Waals surface area (Å²) < 4.78 is 27.5. The predicted octanol–water partition coefficient (Wildman–Crippen LogP) is 2.75. The Hall–Kier alpha value is -2.36. The second kappa shape index (κ2) is 10.1. The van der Waals surface area contributed by atoms with Crippen LogP contribution in [0, 0.1) is 0 Å². The van der Waals surface area contributed by atoms with Gasteiger partial charge in [0.05, 0.1) is 4.90 Å². The average molecular weight is 448 g/mol. The number of hydrogen-bond acceptors (Lipinski definition) is 5. The van der Waals surface area contributed by atoms with Crippen molar-refractivity contribution in [3.05, 3.63) is 59.7 Å². The molecule has 0 aromatic heterocycles. The molecule has 0 radical (unpaired) electrons. The molecule has 1 fully saturated rings. The second-order valence-corrected chi connectivity index (χ2v) is 10.1. The van der Waals surface area contributed by atoms with E-state index in [0.717, 1.165) is 29.9 Å². The molecule has 160 valence electrons. The number of sulfonamides is 1. The minimum Gasteiger partial charge on any atom is -0.349 e. The number of amides is 2. The van der Waals surface area contributed by atoms with E-state index in [0.29, 0.717) is 11.3 Å². The summed E-state index contributed by atoms with van der Waals surface area (Å²) in [5.74, 6) is 1.82. The zero-order valence-electron chi connectivity index (χ0n) is 16.7. The third kappa shape index (κ3) is 6.32. The van der Waals surface area contributed by atoms with Crippen LogP contribution in [-0.4, -0.2) is 37.8 Å². The van der Waals surface area contributed by atoms with Gasteiger partial charge in [-0.15, -0.1) is 0 Å². The number of nitrogens with one attached hydrogen (secondary N) is 3. The second-order valence-electron chi connectivity index (χ2n) is 7.09. The lowest BCUT2D eigenvalue weighted by Gasteiger charge is -2.22. The van der Waals surface area contributed by atoms with Gasteiger partial charge in [-0.25, -0.2) is 13.1 Å². The van der Waals surface area contributed by atoms with Gasteiger partial charge in [0.15, 0.2) is 0 Å². The van der Waals surface area contributed by atoms with Crippen LogP contribution in [0.25, 0.3) is 0 Å². The number of rotatable bonds is 7. The van der Waals surface area contributed by atoms with E-state index in [1.165, 1.54) is 31.2 Å². The zero-order chi connectivity index (χ0) is 21.6. The smallest absolute Gasteiger partial charge is 0.251 e. The molecule has 2 aromatic rings. The first-order valence-electron chi connectivity index (χ1n) is 9.68. The monoisotopic (exact) mass is 447 g/mol. The Bertz CT molecular complexity index is 984. The first-order valence-corrected chi connectivity index (χ1v) is 12.3. The highest BCUT2D eigenvalue weighted by atomic mass is 32.2. The lowest BCUT2D eigenvalue weighted by Crippen LogP contribution is -2.37. The summed E-state index contributed by atoms with van der Waals surface area (Å²) in [4.78, 5) is 23.5. The predicted molar refractivity (Wildman–Crippen MR) is 119 cm³/mol. The van der Waals surface area contributed by atoms with Crippen LogP contribution in [-0.2, 0) is 21.4 Å². The Morgan fingerprint density at radius 2 is 1.63 bits per heavy atom. The minimum atomic E-state index is -3.69. The molecule has 9 heteroatoms. The summed E-state index contributed by atoms with van der Waals surface area (Å²) in [5.41, 5.74) is 1.84. The van der Waals surface area contributed by atoms with Gasteiger partial charge in [0, 0.05) is 30.8 Å². The molecule has 0 saturated carbocycles. The molecule has 2 amide bonds. The summed E-state index contributed by atoms with van der Waals surface area (Å²) in [6.07, 6.45) is 1.98. The average Bonchev–Trinajstić information content (AvgIpc) is 2.73. The maximum absolute atomic E-state index is 12.5. The van der Waals surface area contributed by atoms with Crippen LogP contribution in [0.1, 0.15) is 35.7 Å². The van der Waals surface area contributed by atoms with Gasteiger partial charge in [-0.2, -0.15) is 11.8 Å². The van der Waals surface area contributed by atoms with Gasteiger partial charge >= 0.3 is 0 Å². The molecule has 1 saturated heterocycles. The first kappa shape index (κ1) is 22.3. The van der Waals surface area contributed by atoms with Crippen LogP contribution < -0.4 is 15.4 Å². The van der Waals surface area contributed by atoms with Crippen molar-refractivity contribution in [1.29, 1.82) is 0 Å². The molecule has 3 rings (SSSR count). The van der Waals surface area contributed by atoms with Crippen molar-refractivity contribution in [2.24, 2.45) is 0 Å². The molecular formula is C21H25N3O4S2. The summed E-state index contributed by atoms with van der Waals surface area (Å²) in [6, 6.07) is 13.1. The Morgan fingerprint density at radius 1 is 1.00 bits per heavy atom. The highest BCUT2D eigenvalue weighted by Crippen LogP contribution is 2.18. The van der Waals surface area contributed by atoms with Gasteiger partial charge in [-0.1, -0.05) is 12.1 Å². The van der Waals surface area contributed by atoms with Crippen molar-refractivity contribution in [2.75, 3.05) is 16.8 Å². The van der Waals surface area contributed by atoms with E-state index < -0.39 is 10.0 Å². The number of carbonyl (C=O) groups is 2. The Labute approximate surface area is 181 Å². The van der Waals surface area contributed by atoms with Gasteiger partial charge < -0.3 is 10.6 Å². The van der Waals surface area contributed by atoms with Gasteiger partial charge in [-0.3, -0.25) is 9.59 Å². The van der Waals surface area contributed by atoms with E-state index >= 15 is 0 Å². The maximum atomic E-state index is 12.5. The van der Waals surface area contributed by atoms with Crippen LogP contribution in [0.15, 0.2) is 53.4 Å². The standard InChI is InChI=1S/C21H25N3O4S2/c1-15(25)23-18-6-8-20(9-7-18)30(27,28)22-14-16-2-4-17(5-3-16)21(26)24-19-10-12-29-13-11-19/h2-9,19,22H,10-14H2,1H3,(H,23,25)(H,24,26). The number of carbonyl (C=O) groups excluding carboxylic acids is 2. The molecule has 2 aromatic carbocycles. The Morgan fingerprint density at radius 3 is 2.23 bits per heavy atom. The minimum absolute atomic E-state index is 0.0988. The van der Waals surface area contributed by atoms with Crippen molar-refractivity contribution < 1.29 is 18.0 Å². The van der Waals surface area contributed by atoms with Crippen LogP contribution in [0.2, 0.25) is 0 Å². The lowest BCUT2D eigenvalue weighted by molar-refractivity contribution is -0.114. The van der Waals surface area contributed by atoms with E-state index in [-0.39, 0.29) is 29.3 Å². The molecule has 3 N–H and O–H groups in total. The Balaban J connectivity index is 1.55. The fourth-order valence-corrected chi connectivity index (χ4v) is 5.19. The van der Waals surface area contributed by atoms with Crippen LogP contribution in [0.5, 0.6) is 0 Å². The van der Waals surface area contributed by atoms with E-state index in [9.17, 15) is 18.0 Å². The zero-order valence-corrected chi connectivity index (χ0v) is 18.3. The van der Waals surface area contributed by atoms with Crippen molar-refractivity contribution >= 4 is 39.3 Å². The Kier molecular flexibility index (Phi) is 7.52. The lowest BCUT2D eigenvalue weighted by atomic mass is 10.1. The molecular weight excluding hydrogens is 422 g/mol. The number of benzene rings is 2. The van der Waals surface area contributed by atoms with Crippen LogP contribution in [0.4, 0.5) is 5.69 Å². The normalized spacial score (nSPS) is 14.8. The van der Waals surface area contributed by atoms with Crippen molar-refractivity contribution in [3.8, 4) is 0 Å². The molecule has 0 bridgehead atoms. The maximum Gasteiger partial charge on any atom is 0.251 e. The van der Waals surface area contributed by atoms with E-state index in [1.54, 1.807) is 24.3 Å². The van der Waals surface area contributed by atoms with Gasteiger partial charge in [-0.05, 0) is 66.3 Å². The van der Waals surface area contributed by atoms with Crippen LogP contribution in [0.3, 0.4) is 0 Å². The molecule has 30 heavy (non-hydrogen) atoms. The van der Waals surface area contributed by atoms with E-state index in [1.807, 2.05) is 11.8 Å². The number of hydrogen-bond donors (Lipinski definition) is 3. The van der Waals surface area contributed by atoms with Crippen molar-refractivity contribution in [2.45, 2.75) is 37.2 Å². The first-order chi connectivity index (χ1) is 14.3. The SMILES string of the molecule is CC(=O)Nc1ccc(S(=O)(=O)NCc2ccc(C(=O)NC3CCSCC3)cc2)cc1. The number of anilines is 1. The molecule has 0 aliphatic carbocycles. The fraction of sp³-hybridized carbons (Fsp3) is 0.333. The number of thioether (sulfide) groups is 1. The molecule has 0 spiro atoms. The van der Waals surface area contributed by atoms with Crippen LogP contribution >= 0.6 is 11.8 Å². The molecule has 0 unspecified atom stereocenters. The van der Waals surface area contributed by atoms with Gasteiger partial charge in [0.1, 0.15) is 0 Å². The molecule has 7 nitrogen and oxygen atoms in total. The third-order valence-corrected chi connectivity index (χ3v) is 7.19. The summed E-state index contributed by atoms with van der Waals surface area (Å²) >= 11 is 1.91. The molecule has 0 atom stereocenters. The topological polar surface area (TPSA) is 104 Å². The summed E-state index contributed by atoms with van der Waals surface area (Å²) in [7, 11) is -3.69. The summed E-state index contributed by atoms with van der Waals surface area (Å²) in [6.45, 7) is 1.49. The highest BCUT2D eigenvalue weighted by molar-refractivity contribution is 7.99. The molecule has 1 aliphatic rings. The van der Waals surface area contributed by atoms with Crippen molar-refractivity contribution in [3.63, 3.8) is 0 Å². The highest BCUT2D eigenvalue weighted by Gasteiger charge is 2.17. The van der Waals surface area contributed by atoms with E-state index in [4.69, 9.17) is 0 Å². The van der Waals surface area contributed by atoms with Crippen molar-refractivity contribution in [1.82, 2.24) is 10.0 Å². The summed E-state index contributed by atoms with van der Waals surface area (Å²) in [5, 5.41) is 5.65. The third-order valence-electron chi connectivity index (χ3n) is 4.72. The van der Waals surface area contributed by atoms with E-state index in [2.05, 4.69) is 15.4 Å². The van der Waals surface area contributed by atoms with Gasteiger partial charge in [0.2, 0.25) is 15.9 Å². The van der Waals surface area contributed by atoms with Gasteiger partial charge in [0.25, 0.3) is 5.91 Å². The quantitative estimate of drug-likeness (QED) is 0.605. The molecule has 1 aliphatic heterocycles. The molecule has 1 heterocycles.